The molecule has 1 saturated heterocycles. The molecule has 76 valence electrons. The summed E-state index contributed by atoms with van der Waals surface area (Å²) in [6.45, 7) is 4.39. The fourth-order valence-corrected chi connectivity index (χ4v) is 1.68. The van der Waals surface area contributed by atoms with Crippen molar-refractivity contribution in [2.24, 2.45) is 0 Å². The molecule has 0 N–H and O–H groups in total. The van der Waals surface area contributed by atoms with E-state index in [1.54, 1.807) is 0 Å². The highest BCUT2D eigenvalue weighted by Crippen LogP contribution is 2.10. The molecule has 0 radical (unpaired) electrons. The normalized spacial score (nSPS) is 18.8. The van der Waals surface area contributed by atoms with E-state index < -0.39 is 0 Å². The quantitative estimate of drug-likeness (QED) is 0.708. The van der Waals surface area contributed by atoms with E-state index in [2.05, 4.69) is 10.1 Å². The summed E-state index contributed by atoms with van der Waals surface area (Å²) in [4.78, 5) is 13.2. The fourth-order valence-electron chi connectivity index (χ4n) is 1.68. The second-order valence-electron chi connectivity index (χ2n) is 3.74. The van der Waals surface area contributed by atoms with E-state index in [1.807, 2.05) is 13.0 Å². The Bertz CT molecular complexity index is 323. The van der Waals surface area contributed by atoms with E-state index in [0.717, 1.165) is 31.1 Å². The lowest BCUT2D eigenvalue weighted by atomic mass is 10.1. The average Bonchev–Trinajstić information content (AvgIpc) is 2.56. The number of ketones is 1. The molecule has 4 heteroatoms. The molecular weight excluding hydrogens is 180 g/mol. The summed E-state index contributed by atoms with van der Waals surface area (Å²) in [5.74, 6) is 1.21. The first kappa shape index (κ1) is 9.40. The monoisotopic (exact) mass is 194 g/mol. The number of Topliss-reactive ketones (excluding diaryl/α,β-unsaturated/α-hetero) is 1. The van der Waals surface area contributed by atoms with Gasteiger partial charge in [0.1, 0.15) is 11.5 Å². The zero-order valence-electron chi connectivity index (χ0n) is 8.32. The highest BCUT2D eigenvalue weighted by Gasteiger charge is 2.16. The molecule has 0 unspecified atom stereocenters. The van der Waals surface area contributed by atoms with Crippen molar-refractivity contribution in [1.29, 1.82) is 0 Å². The van der Waals surface area contributed by atoms with E-state index in [-0.39, 0.29) is 0 Å². The molecule has 4 nitrogen and oxygen atoms in total. The van der Waals surface area contributed by atoms with Crippen molar-refractivity contribution < 1.29 is 9.32 Å². The zero-order chi connectivity index (χ0) is 9.97. The van der Waals surface area contributed by atoms with Crippen molar-refractivity contribution in [3.8, 4) is 0 Å². The molecule has 1 aliphatic rings. The van der Waals surface area contributed by atoms with Gasteiger partial charge in [-0.15, -0.1) is 0 Å². The van der Waals surface area contributed by atoms with Crippen LogP contribution in [0, 0.1) is 6.92 Å². The van der Waals surface area contributed by atoms with Crippen LogP contribution in [0.3, 0.4) is 0 Å². The van der Waals surface area contributed by atoms with Gasteiger partial charge in [0.2, 0.25) is 0 Å². The largest absolute Gasteiger partial charge is 0.361 e. The van der Waals surface area contributed by atoms with Gasteiger partial charge >= 0.3 is 0 Å². The summed E-state index contributed by atoms with van der Waals surface area (Å²) < 4.78 is 4.98. The van der Waals surface area contributed by atoms with E-state index in [4.69, 9.17) is 4.52 Å². The Balaban J connectivity index is 1.89. The maximum absolute atomic E-state index is 11.0. The Morgan fingerprint density at radius 3 is 2.79 bits per heavy atom. The number of aromatic nitrogens is 1. The van der Waals surface area contributed by atoms with Crippen molar-refractivity contribution in [2.45, 2.75) is 26.3 Å². The van der Waals surface area contributed by atoms with Crippen molar-refractivity contribution >= 4 is 5.78 Å². The van der Waals surface area contributed by atoms with Crippen LogP contribution in [0.5, 0.6) is 0 Å². The third-order valence-electron chi connectivity index (χ3n) is 2.48. The molecule has 0 saturated carbocycles. The molecule has 1 aromatic heterocycles. The summed E-state index contributed by atoms with van der Waals surface area (Å²) in [5, 5.41) is 3.93. The van der Waals surface area contributed by atoms with Crippen LogP contribution in [-0.2, 0) is 11.3 Å². The molecule has 14 heavy (non-hydrogen) atoms. The minimum atomic E-state index is 0.373. The Morgan fingerprint density at radius 1 is 1.50 bits per heavy atom. The topological polar surface area (TPSA) is 46.3 Å². The number of carbonyl (C=O) groups is 1. The molecule has 1 aliphatic heterocycles. The molecule has 0 atom stereocenters. The summed E-state index contributed by atoms with van der Waals surface area (Å²) in [7, 11) is 0. The lowest BCUT2D eigenvalue weighted by Crippen LogP contribution is -2.33. The number of hydrogen-bond donors (Lipinski definition) is 0. The van der Waals surface area contributed by atoms with Crippen LogP contribution in [0.1, 0.15) is 24.3 Å². The molecule has 0 amide bonds. The Morgan fingerprint density at radius 2 is 2.21 bits per heavy atom. The summed E-state index contributed by atoms with van der Waals surface area (Å²) in [5.41, 5.74) is 0.955. The summed E-state index contributed by atoms with van der Waals surface area (Å²) in [6, 6.07) is 1.94. The third kappa shape index (κ3) is 2.20. The van der Waals surface area contributed by atoms with Gasteiger partial charge in [-0.3, -0.25) is 9.69 Å². The second kappa shape index (κ2) is 3.92. The highest BCUT2D eigenvalue weighted by molar-refractivity contribution is 5.79. The molecule has 1 fully saturated rings. The van der Waals surface area contributed by atoms with Crippen LogP contribution in [0.25, 0.3) is 0 Å². The van der Waals surface area contributed by atoms with Crippen LogP contribution in [0.2, 0.25) is 0 Å². The van der Waals surface area contributed by atoms with Crippen LogP contribution >= 0.6 is 0 Å². The molecule has 2 rings (SSSR count). The predicted molar refractivity (Wildman–Crippen MR) is 50.8 cm³/mol. The second-order valence-corrected chi connectivity index (χ2v) is 3.74. The lowest BCUT2D eigenvalue weighted by molar-refractivity contribution is -0.121. The minimum Gasteiger partial charge on any atom is -0.361 e. The third-order valence-corrected chi connectivity index (χ3v) is 2.48. The zero-order valence-corrected chi connectivity index (χ0v) is 8.32. The Kier molecular flexibility index (Phi) is 2.63. The van der Waals surface area contributed by atoms with Crippen LogP contribution in [0.15, 0.2) is 10.6 Å². The molecule has 1 aromatic rings. The van der Waals surface area contributed by atoms with Gasteiger partial charge in [0.05, 0.1) is 5.69 Å². The van der Waals surface area contributed by atoms with Gasteiger partial charge in [-0.05, 0) is 6.92 Å². The number of likely N-dealkylation sites (tertiary alicyclic amines) is 1. The van der Waals surface area contributed by atoms with E-state index >= 15 is 0 Å². The highest BCUT2D eigenvalue weighted by atomic mass is 16.5. The maximum Gasteiger partial charge on any atom is 0.135 e. The first-order valence-electron chi connectivity index (χ1n) is 4.90. The van der Waals surface area contributed by atoms with Gasteiger partial charge in [-0.1, -0.05) is 5.16 Å². The Labute approximate surface area is 82.9 Å². The standard InChI is InChI=1S/C10H14N2O2/c1-8-6-9(11-14-8)7-12-4-2-10(13)3-5-12/h6H,2-5,7H2,1H3. The van der Waals surface area contributed by atoms with Gasteiger partial charge in [-0.2, -0.15) is 0 Å². The van der Waals surface area contributed by atoms with E-state index in [1.165, 1.54) is 0 Å². The van der Waals surface area contributed by atoms with Crippen molar-refractivity contribution in [1.82, 2.24) is 10.1 Å². The van der Waals surface area contributed by atoms with Gasteiger partial charge in [0, 0.05) is 38.5 Å². The van der Waals surface area contributed by atoms with Crippen molar-refractivity contribution in [2.75, 3.05) is 13.1 Å². The first-order valence-corrected chi connectivity index (χ1v) is 4.90. The van der Waals surface area contributed by atoms with Gasteiger partial charge in [-0.25, -0.2) is 0 Å². The van der Waals surface area contributed by atoms with Crippen LogP contribution < -0.4 is 0 Å². The average molecular weight is 194 g/mol. The molecule has 0 bridgehead atoms. The van der Waals surface area contributed by atoms with Crippen molar-refractivity contribution in [3.05, 3.63) is 17.5 Å². The number of piperidine rings is 1. The van der Waals surface area contributed by atoms with Crippen LogP contribution in [0.4, 0.5) is 0 Å². The number of rotatable bonds is 2. The SMILES string of the molecule is Cc1cc(CN2CCC(=O)CC2)no1. The van der Waals surface area contributed by atoms with Gasteiger partial charge in [0.15, 0.2) is 0 Å². The smallest absolute Gasteiger partial charge is 0.135 e. The number of aryl methyl sites for hydroxylation is 1. The fraction of sp³-hybridized carbons (Fsp3) is 0.600. The molecule has 2 heterocycles. The lowest BCUT2D eigenvalue weighted by Gasteiger charge is -2.24. The predicted octanol–water partition coefficient (Wildman–Crippen LogP) is 1.15. The van der Waals surface area contributed by atoms with Gasteiger partial charge in [0.25, 0.3) is 0 Å². The summed E-state index contributed by atoms with van der Waals surface area (Å²) >= 11 is 0. The number of carbonyl (C=O) groups excluding carboxylic acids is 1. The molecular formula is C10H14N2O2. The van der Waals surface area contributed by atoms with Crippen LogP contribution in [-0.4, -0.2) is 28.9 Å². The van der Waals surface area contributed by atoms with Gasteiger partial charge < -0.3 is 4.52 Å². The van der Waals surface area contributed by atoms with E-state index in [9.17, 15) is 4.79 Å². The van der Waals surface area contributed by atoms with E-state index in [0.29, 0.717) is 18.6 Å². The Hall–Kier alpha value is -1.16. The molecule has 0 aromatic carbocycles. The number of hydrogen-bond acceptors (Lipinski definition) is 4. The molecule has 0 spiro atoms. The molecule has 0 aliphatic carbocycles. The maximum atomic E-state index is 11.0. The minimum absolute atomic E-state index is 0.373. The number of nitrogens with zero attached hydrogens (tertiary/aromatic N) is 2. The first-order chi connectivity index (χ1) is 6.74. The van der Waals surface area contributed by atoms with Crippen molar-refractivity contribution in [3.63, 3.8) is 0 Å². The summed E-state index contributed by atoms with van der Waals surface area (Å²) in [6.07, 6.45) is 1.35.